The van der Waals surface area contributed by atoms with Gasteiger partial charge in [-0.2, -0.15) is 0 Å². The van der Waals surface area contributed by atoms with Crippen molar-refractivity contribution in [1.29, 1.82) is 0 Å². The summed E-state index contributed by atoms with van der Waals surface area (Å²) in [5, 5.41) is 9.31. The van der Waals surface area contributed by atoms with Gasteiger partial charge in [-0.3, -0.25) is 4.79 Å². The van der Waals surface area contributed by atoms with E-state index in [1.807, 2.05) is 19.1 Å². The first kappa shape index (κ1) is 9.25. The Hall–Kier alpha value is -1.31. The summed E-state index contributed by atoms with van der Waals surface area (Å²) >= 11 is 0. The molecular formula is C12H14O2. The summed E-state index contributed by atoms with van der Waals surface area (Å²) in [6, 6.07) is 5.36. The zero-order valence-electron chi connectivity index (χ0n) is 8.29. The number of carbonyl (C=O) groups is 1. The summed E-state index contributed by atoms with van der Waals surface area (Å²) in [7, 11) is 0. The fourth-order valence-electron chi connectivity index (χ4n) is 1.58. The van der Waals surface area contributed by atoms with Crippen LogP contribution in [0.1, 0.15) is 24.0 Å². The summed E-state index contributed by atoms with van der Waals surface area (Å²) in [5.74, 6) is 0.965. The summed E-state index contributed by atoms with van der Waals surface area (Å²) in [4.78, 5) is 11.5. The molecule has 0 amide bonds. The van der Waals surface area contributed by atoms with Crippen LogP contribution >= 0.6 is 0 Å². The number of phenols is 1. The highest BCUT2D eigenvalue weighted by atomic mass is 16.3. The Bertz CT molecular complexity index is 365. The molecule has 0 bridgehead atoms. The smallest absolute Gasteiger partial charge is 0.140 e. The Morgan fingerprint density at radius 3 is 2.79 bits per heavy atom. The van der Waals surface area contributed by atoms with E-state index in [4.69, 9.17) is 0 Å². The maximum atomic E-state index is 11.5. The Balaban J connectivity index is 2.08. The van der Waals surface area contributed by atoms with Crippen LogP contribution in [0.4, 0.5) is 0 Å². The Morgan fingerprint density at radius 2 is 2.21 bits per heavy atom. The van der Waals surface area contributed by atoms with Crippen molar-refractivity contribution in [2.75, 3.05) is 0 Å². The molecule has 0 aromatic heterocycles. The average Bonchev–Trinajstić information content (AvgIpc) is 2.94. The second kappa shape index (κ2) is 3.45. The van der Waals surface area contributed by atoms with Crippen molar-refractivity contribution >= 4 is 5.78 Å². The lowest BCUT2D eigenvalue weighted by atomic mass is 10.0. The van der Waals surface area contributed by atoms with E-state index in [1.54, 1.807) is 6.07 Å². The lowest BCUT2D eigenvalue weighted by Crippen LogP contribution is -2.04. The third-order valence-electron chi connectivity index (χ3n) is 2.67. The molecule has 1 fully saturated rings. The topological polar surface area (TPSA) is 37.3 Å². The van der Waals surface area contributed by atoms with Gasteiger partial charge in [-0.15, -0.1) is 0 Å². The van der Waals surface area contributed by atoms with E-state index in [9.17, 15) is 9.90 Å². The number of rotatable bonds is 3. The standard InChI is InChI=1S/C12H14O2/c1-8-6-9(2-5-11(8)13)7-12(14)10-3-4-10/h2,5-6,10,13H,3-4,7H2,1H3. The van der Waals surface area contributed by atoms with Crippen molar-refractivity contribution in [1.82, 2.24) is 0 Å². The van der Waals surface area contributed by atoms with Crippen LogP contribution in [0.2, 0.25) is 0 Å². The van der Waals surface area contributed by atoms with Gasteiger partial charge in [0, 0.05) is 12.3 Å². The van der Waals surface area contributed by atoms with E-state index in [0.717, 1.165) is 24.0 Å². The van der Waals surface area contributed by atoms with Gasteiger partial charge >= 0.3 is 0 Å². The molecule has 2 rings (SSSR count). The van der Waals surface area contributed by atoms with Gasteiger partial charge in [0.1, 0.15) is 11.5 Å². The minimum Gasteiger partial charge on any atom is -0.508 e. The zero-order chi connectivity index (χ0) is 10.1. The van der Waals surface area contributed by atoms with Crippen molar-refractivity contribution in [2.45, 2.75) is 26.2 Å². The van der Waals surface area contributed by atoms with Crippen molar-refractivity contribution < 1.29 is 9.90 Å². The van der Waals surface area contributed by atoms with Gasteiger partial charge in [0.25, 0.3) is 0 Å². The zero-order valence-corrected chi connectivity index (χ0v) is 8.29. The molecule has 0 spiro atoms. The van der Waals surface area contributed by atoms with Crippen molar-refractivity contribution in [3.8, 4) is 5.75 Å². The maximum absolute atomic E-state index is 11.5. The number of carbonyl (C=O) groups excluding carboxylic acids is 1. The van der Waals surface area contributed by atoms with Crippen LogP contribution in [-0.4, -0.2) is 10.9 Å². The number of ketones is 1. The largest absolute Gasteiger partial charge is 0.508 e. The molecule has 0 atom stereocenters. The fourth-order valence-corrected chi connectivity index (χ4v) is 1.58. The highest BCUT2D eigenvalue weighted by Crippen LogP contribution is 2.31. The molecule has 1 aliphatic carbocycles. The van der Waals surface area contributed by atoms with Crippen LogP contribution in [-0.2, 0) is 11.2 Å². The van der Waals surface area contributed by atoms with Crippen molar-refractivity contribution in [3.63, 3.8) is 0 Å². The van der Waals surface area contributed by atoms with Crippen molar-refractivity contribution in [2.24, 2.45) is 5.92 Å². The average molecular weight is 190 g/mol. The second-order valence-corrected chi connectivity index (χ2v) is 4.04. The number of phenolic OH excluding ortho intramolecular Hbond substituents is 1. The van der Waals surface area contributed by atoms with E-state index < -0.39 is 0 Å². The van der Waals surface area contributed by atoms with Gasteiger partial charge < -0.3 is 5.11 Å². The van der Waals surface area contributed by atoms with Crippen LogP contribution < -0.4 is 0 Å². The summed E-state index contributed by atoms with van der Waals surface area (Å²) < 4.78 is 0. The molecule has 74 valence electrons. The first-order chi connectivity index (χ1) is 6.66. The number of hydrogen-bond donors (Lipinski definition) is 1. The Morgan fingerprint density at radius 1 is 1.50 bits per heavy atom. The molecule has 1 aliphatic rings. The van der Waals surface area contributed by atoms with Gasteiger partial charge in [0.05, 0.1) is 0 Å². The van der Waals surface area contributed by atoms with Gasteiger partial charge in [-0.1, -0.05) is 12.1 Å². The SMILES string of the molecule is Cc1cc(CC(=O)C2CC2)ccc1O. The predicted octanol–water partition coefficient (Wildman–Crippen LogP) is 2.22. The first-order valence-electron chi connectivity index (χ1n) is 4.98. The summed E-state index contributed by atoms with van der Waals surface area (Å²) in [6.07, 6.45) is 2.65. The predicted molar refractivity (Wildman–Crippen MR) is 54.3 cm³/mol. The highest BCUT2D eigenvalue weighted by Gasteiger charge is 2.28. The maximum Gasteiger partial charge on any atom is 0.140 e. The summed E-state index contributed by atoms with van der Waals surface area (Å²) in [6.45, 7) is 1.85. The molecule has 0 unspecified atom stereocenters. The Labute approximate surface area is 83.6 Å². The quantitative estimate of drug-likeness (QED) is 0.793. The van der Waals surface area contributed by atoms with Crippen LogP contribution in [0.3, 0.4) is 0 Å². The molecule has 14 heavy (non-hydrogen) atoms. The van der Waals surface area contributed by atoms with E-state index in [1.165, 1.54) is 0 Å². The van der Waals surface area contributed by atoms with Crippen LogP contribution in [0.25, 0.3) is 0 Å². The lowest BCUT2D eigenvalue weighted by molar-refractivity contribution is -0.119. The molecule has 0 saturated heterocycles. The monoisotopic (exact) mass is 190 g/mol. The van der Waals surface area contributed by atoms with E-state index >= 15 is 0 Å². The third-order valence-corrected chi connectivity index (χ3v) is 2.67. The van der Waals surface area contributed by atoms with Crippen LogP contribution in [0.15, 0.2) is 18.2 Å². The van der Waals surface area contributed by atoms with Crippen molar-refractivity contribution in [3.05, 3.63) is 29.3 Å². The van der Waals surface area contributed by atoms with Gasteiger partial charge in [-0.25, -0.2) is 0 Å². The Kier molecular flexibility index (Phi) is 2.28. The molecule has 1 aromatic rings. The molecule has 1 saturated carbocycles. The van der Waals surface area contributed by atoms with E-state index in [0.29, 0.717) is 23.9 Å². The molecule has 0 heterocycles. The number of hydrogen-bond acceptors (Lipinski definition) is 2. The van der Waals surface area contributed by atoms with Gasteiger partial charge in [0.15, 0.2) is 0 Å². The fraction of sp³-hybridized carbons (Fsp3) is 0.417. The molecule has 2 nitrogen and oxygen atoms in total. The first-order valence-corrected chi connectivity index (χ1v) is 4.98. The molecule has 0 aliphatic heterocycles. The second-order valence-electron chi connectivity index (χ2n) is 4.04. The number of benzene rings is 1. The highest BCUT2D eigenvalue weighted by molar-refractivity contribution is 5.85. The molecule has 1 N–H and O–H groups in total. The molecular weight excluding hydrogens is 176 g/mol. The lowest BCUT2D eigenvalue weighted by Gasteiger charge is -2.03. The number of aryl methyl sites for hydroxylation is 1. The third kappa shape index (κ3) is 1.95. The molecule has 2 heteroatoms. The number of Topliss-reactive ketones (excluding diaryl/α,β-unsaturated/α-hetero) is 1. The minimum absolute atomic E-state index is 0.299. The normalized spacial score (nSPS) is 15.5. The van der Waals surface area contributed by atoms with E-state index in [2.05, 4.69) is 0 Å². The van der Waals surface area contributed by atoms with E-state index in [-0.39, 0.29) is 0 Å². The number of aromatic hydroxyl groups is 1. The molecule has 0 radical (unpaired) electrons. The van der Waals surface area contributed by atoms with Crippen LogP contribution in [0.5, 0.6) is 5.75 Å². The van der Waals surface area contributed by atoms with Crippen LogP contribution in [0, 0.1) is 12.8 Å². The van der Waals surface area contributed by atoms with Gasteiger partial charge in [-0.05, 0) is 37.0 Å². The molecule has 1 aromatic carbocycles. The minimum atomic E-state index is 0.299. The summed E-state index contributed by atoms with van der Waals surface area (Å²) in [5.41, 5.74) is 1.85. The van der Waals surface area contributed by atoms with Gasteiger partial charge in [0.2, 0.25) is 0 Å².